The molecule has 3 aromatic rings. The number of hydrogen-bond donors (Lipinski definition) is 1. The van der Waals surface area contributed by atoms with Gasteiger partial charge in [-0.25, -0.2) is 4.79 Å². The van der Waals surface area contributed by atoms with Crippen molar-refractivity contribution >= 4 is 24.7 Å². The summed E-state index contributed by atoms with van der Waals surface area (Å²) in [6.45, 7) is 8.94. The molecule has 33 heavy (non-hydrogen) atoms. The smallest absolute Gasteiger partial charge is 0.335 e. The molecular formula is C27H32O5Si. The van der Waals surface area contributed by atoms with E-state index in [9.17, 15) is 9.90 Å². The predicted octanol–water partition coefficient (Wildman–Crippen LogP) is 4.74. The fourth-order valence-electron chi connectivity index (χ4n) is 4.16. The molecule has 0 saturated heterocycles. The fraction of sp³-hybridized carbons (Fsp3) is 0.296. The zero-order chi connectivity index (χ0) is 24.1. The lowest BCUT2D eigenvalue weighted by atomic mass is 10.2. The third-order valence-electron chi connectivity index (χ3n) is 5.69. The van der Waals surface area contributed by atoms with Gasteiger partial charge in [0.2, 0.25) is 0 Å². The highest BCUT2D eigenvalue weighted by atomic mass is 28.4. The van der Waals surface area contributed by atoms with Crippen molar-refractivity contribution in [3.8, 4) is 11.5 Å². The summed E-state index contributed by atoms with van der Waals surface area (Å²) in [7, 11) is -1.15. The first-order valence-corrected chi connectivity index (χ1v) is 12.9. The molecule has 0 heterocycles. The van der Waals surface area contributed by atoms with Crippen molar-refractivity contribution in [2.24, 2.45) is 0 Å². The lowest BCUT2D eigenvalue weighted by molar-refractivity contribution is 0.0695. The topological polar surface area (TPSA) is 65.0 Å². The van der Waals surface area contributed by atoms with E-state index in [4.69, 9.17) is 13.9 Å². The van der Waals surface area contributed by atoms with Gasteiger partial charge in [-0.15, -0.1) is 0 Å². The van der Waals surface area contributed by atoms with Crippen molar-refractivity contribution in [1.29, 1.82) is 0 Å². The summed E-state index contributed by atoms with van der Waals surface area (Å²) in [4.78, 5) is 11.4. The van der Waals surface area contributed by atoms with Crippen molar-refractivity contribution in [2.75, 3.05) is 13.7 Å². The Morgan fingerprint density at radius 2 is 1.45 bits per heavy atom. The summed E-state index contributed by atoms with van der Waals surface area (Å²) in [5, 5.41) is 11.6. The van der Waals surface area contributed by atoms with Gasteiger partial charge in [-0.3, -0.25) is 0 Å². The van der Waals surface area contributed by atoms with Gasteiger partial charge in [-0.2, -0.15) is 0 Å². The van der Waals surface area contributed by atoms with Crippen molar-refractivity contribution in [1.82, 2.24) is 0 Å². The average Bonchev–Trinajstić information content (AvgIpc) is 2.80. The molecule has 0 radical (unpaired) electrons. The van der Waals surface area contributed by atoms with E-state index in [0.29, 0.717) is 18.1 Å². The maximum absolute atomic E-state index is 11.4. The van der Waals surface area contributed by atoms with Crippen molar-refractivity contribution < 1.29 is 23.8 Å². The monoisotopic (exact) mass is 464 g/mol. The molecule has 0 saturated carbocycles. The molecule has 174 valence electrons. The molecule has 0 aliphatic carbocycles. The van der Waals surface area contributed by atoms with Gasteiger partial charge < -0.3 is 19.0 Å². The molecule has 0 aliphatic rings. The number of rotatable bonds is 9. The second kappa shape index (κ2) is 10.2. The Kier molecular flexibility index (Phi) is 7.61. The molecule has 0 spiro atoms. The molecule has 0 aromatic heterocycles. The van der Waals surface area contributed by atoms with Gasteiger partial charge in [0.25, 0.3) is 8.32 Å². The minimum Gasteiger partial charge on any atom is -0.493 e. The number of hydrogen-bond acceptors (Lipinski definition) is 4. The van der Waals surface area contributed by atoms with Crippen LogP contribution in [0.3, 0.4) is 0 Å². The fourth-order valence-corrected chi connectivity index (χ4v) is 8.80. The SMILES string of the molecule is COc1ccc(C(=O)O)cc1OC(C)CO[Si](c1ccccc1)(c1ccccc1)C(C)(C)C. The highest BCUT2D eigenvalue weighted by molar-refractivity contribution is 6.99. The number of carbonyl (C=O) groups is 1. The van der Waals surface area contributed by atoms with Crippen LogP contribution in [0.1, 0.15) is 38.1 Å². The van der Waals surface area contributed by atoms with E-state index in [1.165, 1.54) is 29.6 Å². The van der Waals surface area contributed by atoms with Crippen LogP contribution in [0.5, 0.6) is 11.5 Å². The van der Waals surface area contributed by atoms with Crippen molar-refractivity contribution in [3.63, 3.8) is 0 Å². The van der Waals surface area contributed by atoms with Gasteiger partial charge in [0.05, 0.1) is 19.3 Å². The number of carboxylic acid groups (broad SMARTS) is 1. The molecule has 5 nitrogen and oxygen atoms in total. The van der Waals surface area contributed by atoms with E-state index < -0.39 is 14.3 Å². The van der Waals surface area contributed by atoms with Crippen LogP contribution in [0.15, 0.2) is 78.9 Å². The number of benzene rings is 3. The highest BCUT2D eigenvalue weighted by Gasteiger charge is 2.50. The second-order valence-electron chi connectivity index (χ2n) is 9.07. The lowest BCUT2D eigenvalue weighted by Crippen LogP contribution is -2.67. The van der Waals surface area contributed by atoms with E-state index in [0.717, 1.165) is 0 Å². The van der Waals surface area contributed by atoms with Crippen LogP contribution in [0.25, 0.3) is 0 Å². The first kappa shape index (κ1) is 24.5. The first-order chi connectivity index (χ1) is 15.7. The zero-order valence-corrected chi connectivity index (χ0v) is 20.9. The Morgan fingerprint density at radius 3 is 1.91 bits per heavy atom. The highest BCUT2D eigenvalue weighted by Crippen LogP contribution is 2.37. The molecule has 3 rings (SSSR count). The number of aromatic carboxylic acids is 1. The summed E-state index contributed by atoms with van der Waals surface area (Å²) in [5.74, 6) is -0.146. The largest absolute Gasteiger partial charge is 0.493 e. The van der Waals surface area contributed by atoms with Crippen LogP contribution in [-0.2, 0) is 4.43 Å². The Labute approximate surface area is 197 Å². The Morgan fingerprint density at radius 1 is 0.909 bits per heavy atom. The number of methoxy groups -OCH3 is 1. The molecule has 0 amide bonds. The molecule has 0 fully saturated rings. The van der Waals surface area contributed by atoms with Gasteiger partial charge >= 0.3 is 5.97 Å². The third-order valence-corrected chi connectivity index (χ3v) is 10.7. The predicted molar refractivity (Wildman–Crippen MR) is 134 cm³/mol. The summed E-state index contributed by atoms with van der Waals surface area (Å²) < 4.78 is 18.4. The number of ether oxygens (including phenoxy) is 2. The average molecular weight is 465 g/mol. The van der Waals surface area contributed by atoms with E-state index >= 15 is 0 Å². The van der Waals surface area contributed by atoms with Crippen LogP contribution in [-0.4, -0.2) is 39.2 Å². The van der Waals surface area contributed by atoms with Crippen molar-refractivity contribution in [3.05, 3.63) is 84.4 Å². The van der Waals surface area contributed by atoms with Gasteiger partial charge in [0.1, 0.15) is 6.10 Å². The molecule has 1 unspecified atom stereocenters. The molecule has 3 aromatic carbocycles. The minimum absolute atomic E-state index is 0.143. The quantitative estimate of drug-likeness (QED) is 0.464. The first-order valence-electron chi connectivity index (χ1n) is 11.0. The van der Waals surface area contributed by atoms with Gasteiger partial charge in [0, 0.05) is 0 Å². The van der Waals surface area contributed by atoms with Gasteiger partial charge in [-0.05, 0) is 40.5 Å². The van der Waals surface area contributed by atoms with E-state index in [2.05, 4.69) is 69.3 Å². The summed E-state index contributed by atoms with van der Waals surface area (Å²) >= 11 is 0. The summed E-state index contributed by atoms with van der Waals surface area (Å²) in [6.07, 6.45) is -0.329. The van der Waals surface area contributed by atoms with Crippen LogP contribution in [0.2, 0.25) is 5.04 Å². The summed E-state index contributed by atoms with van der Waals surface area (Å²) in [6, 6.07) is 25.4. The van der Waals surface area contributed by atoms with Gasteiger partial charge in [0.15, 0.2) is 11.5 Å². The molecule has 0 bridgehead atoms. The molecule has 1 atom stereocenters. The van der Waals surface area contributed by atoms with Gasteiger partial charge in [-0.1, -0.05) is 81.4 Å². The lowest BCUT2D eigenvalue weighted by Gasteiger charge is -2.43. The third kappa shape index (κ3) is 5.29. The number of carboxylic acids is 1. The minimum atomic E-state index is -2.69. The van der Waals surface area contributed by atoms with Crippen LogP contribution < -0.4 is 19.8 Å². The van der Waals surface area contributed by atoms with Crippen LogP contribution >= 0.6 is 0 Å². The van der Waals surface area contributed by atoms with E-state index in [-0.39, 0.29) is 16.7 Å². The zero-order valence-electron chi connectivity index (χ0n) is 19.9. The van der Waals surface area contributed by atoms with E-state index in [1.54, 1.807) is 6.07 Å². The van der Waals surface area contributed by atoms with Crippen LogP contribution in [0.4, 0.5) is 0 Å². The Bertz CT molecular complexity index is 1020. The molecule has 6 heteroatoms. The second-order valence-corrected chi connectivity index (χ2v) is 13.4. The molecule has 1 N–H and O–H groups in total. The molecule has 0 aliphatic heterocycles. The maximum Gasteiger partial charge on any atom is 0.335 e. The van der Waals surface area contributed by atoms with E-state index in [1.807, 2.05) is 19.1 Å². The normalized spacial score (nSPS) is 12.8. The maximum atomic E-state index is 11.4. The Hall–Kier alpha value is -3.09. The summed E-state index contributed by atoms with van der Waals surface area (Å²) in [5.41, 5.74) is 0.144. The van der Waals surface area contributed by atoms with Crippen LogP contribution in [0, 0.1) is 0 Å². The van der Waals surface area contributed by atoms with Crippen molar-refractivity contribution in [2.45, 2.75) is 38.8 Å². The molecular weight excluding hydrogens is 432 g/mol. The Balaban J connectivity index is 1.94. The standard InChI is InChI=1S/C27H32O5Si/c1-20(32-25-18-21(26(28)29)16-17-24(25)30-5)19-31-33(27(2,3)4,22-12-8-6-9-13-22)23-14-10-7-11-15-23/h6-18,20H,19H2,1-5H3,(H,28,29).